The highest BCUT2D eigenvalue weighted by Gasteiger charge is 2.26. The summed E-state index contributed by atoms with van der Waals surface area (Å²) in [5.41, 5.74) is 1.98. The third-order valence-corrected chi connectivity index (χ3v) is 3.47. The zero-order valence-electron chi connectivity index (χ0n) is 13.0. The number of aliphatic carboxylic acids is 1. The molecule has 1 aromatic rings. The van der Waals surface area contributed by atoms with E-state index in [1.165, 1.54) is 5.56 Å². The number of carbonyl (C=O) groups is 1. The second-order valence-corrected chi connectivity index (χ2v) is 4.86. The molecule has 0 spiro atoms. The molecule has 0 bridgehead atoms. The monoisotopic (exact) mass is 295 g/mol. The Bertz CT molecular complexity index is 411. The Morgan fingerprint density at radius 3 is 2.05 bits per heavy atom. The Hall–Kier alpha value is -1.43. The van der Waals surface area contributed by atoms with Crippen LogP contribution in [0.4, 0.5) is 0 Å². The fraction of sp³-hybridized carbons (Fsp3) is 0.562. The lowest BCUT2D eigenvalue weighted by Gasteiger charge is -2.28. The maximum atomic E-state index is 11.7. The van der Waals surface area contributed by atoms with Crippen LogP contribution in [0.5, 0.6) is 0 Å². The van der Waals surface area contributed by atoms with Gasteiger partial charge in [-0.15, -0.1) is 0 Å². The molecule has 0 aromatic heterocycles. The molecule has 1 aromatic carbocycles. The summed E-state index contributed by atoms with van der Waals surface area (Å²) in [6.07, 6.45) is 0.940. The second-order valence-electron chi connectivity index (χ2n) is 4.86. The lowest BCUT2D eigenvalue weighted by molar-refractivity contribution is -0.144. The van der Waals surface area contributed by atoms with Crippen molar-refractivity contribution in [2.24, 2.45) is 0 Å². The lowest BCUT2D eigenvalue weighted by Crippen LogP contribution is -2.38. The minimum absolute atomic E-state index is 0.487. The Kier molecular flexibility index (Phi) is 7.97. The molecule has 1 N–H and O–H groups in total. The number of nitrogens with zero attached hydrogens (tertiary/aromatic N) is 1. The molecule has 0 fully saturated rings. The first-order valence-corrected chi connectivity index (χ1v) is 7.17. The van der Waals surface area contributed by atoms with E-state index in [1.54, 1.807) is 14.2 Å². The van der Waals surface area contributed by atoms with E-state index < -0.39 is 12.0 Å². The fourth-order valence-electron chi connectivity index (χ4n) is 2.23. The van der Waals surface area contributed by atoms with Crippen molar-refractivity contribution in [1.82, 2.24) is 4.90 Å². The van der Waals surface area contributed by atoms with Crippen molar-refractivity contribution >= 4 is 5.97 Å². The molecule has 0 heterocycles. The van der Waals surface area contributed by atoms with Crippen molar-refractivity contribution in [2.45, 2.75) is 19.4 Å². The van der Waals surface area contributed by atoms with E-state index in [0.717, 1.165) is 12.0 Å². The number of benzene rings is 1. The van der Waals surface area contributed by atoms with Crippen LogP contribution in [0.15, 0.2) is 24.3 Å². The first-order valence-electron chi connectivity index (χ1n) is 7.17. The Morgan fingerprint density at radius 2 is 1.67 bits per heavy atom. The number of carboxylic acid groups (broad SMARTS) is 1. The molecule has 118 valence electrons. The number of aryl methyl sites for hydroxylation is 1. The fourth-order valence-corrected chi connectivity index (χ4v) is 2.23. The van der Waals surface area contributed by atoms with Crippen LogP contribution in [0.3, 0.4) is 0 Å². The molecule has 0 amide bonds. The van der Waals surface area contributed by atoms with Gasteiger partial charge in [0.05, 0.1) is 13.2 Å². The summed E-state index contributed by atoms with van der Waals surface area (Å²) in [5, 5.41) is 9.60. The lowest BCUT2D eigenvalue weighted by atomic mass is 10.0. The third kappa shape index (κ3) is 5.46. The topological polar surface area (TPSA) is 59.0 Å². The molecule has 1 atom stereocenters. The second kappa shape index (κ2) is 9.50. The van der Waals surface area contributed by atoms with E-state index in [0.29, 0.717) is 26.3 Å². The van der Waals surface area contributed by atoms with Crippen LogP contribution in [0.2, 0.25) is 0 Å². The molecule has 0 aliphatic heterocycles. The first-order chi connectivity index (χ1) is 10.1. The number of methoxy groups -OCH3 is 2. The van der Waals surface area contributed by atoms with Gasteiger partial charge in [-0.05, 0) is 17.5 Å². The maximum absolute atomic E-state index is 11.7. The van der Waals surface area contributed by atoms with Crippen LogP contribution in [-0.4, -0.2) is 56.5 Å². The number of carboxylic acids is 1. The van der Waals surface area contributed by atoms with Crippen molar-refractivity contribution in [3.8, 4) is 0 Å². The Balaban J connectivity index is 2.95. The molecule has 5 nitrogen and oxygen atoms in total. The van der Waals surface area contributed by atoms with Gasteiger partial charge < -0.3 is 14.6 Å². The van der Waals surface area contributed by atoms with Gasteiger partial charge in [-0.25, -0.2) is 0 Å². The molecule has 5 heteroatoms. The zero-order valence-corrected chi connectivity index (χ0v) is 13.0. The number of hydrogen-bond donors (Lipinski definition) is 1. The zero-order chi connectivity index (χ0) is 15.7. The first kappa shape index (κ1) is 17.6. The summed E-state index contributed by atoms with van der Waals surface area (Å²) in [6.45, 7) is 4.15. The average molecular weight is 295 g/mol. The highest BCUT2D eigenvalue weighted by Crippen LogP contribution is 2.21. The average Bonchev–Trinajstić information content (AvgIpc) is 2.50. The van der Waals surface area contributed by atoms with Crippen LogP contribution in [0, 0.1) is 0 Å². The summed E-state index contributed by atoms with van der Waals surface area (Å²) in [6, 6.07) is 7.07. The molecule has 1 rings (SSSR count). The molecule has 1 unspecified atom stereocenters. The number of ether oxygens (including phenoxy) is 2. The van der Waals surface area contributed by atoms with Gasteiger partial charge in [0.2, 0.25) is 0 Å². The van der Waals surface area contributed by atoms with Crippen LogP contribution in [0.1, 0.15) is 24.1 Å². The van der Waals surface area contributed by atoms with Gasteiger partial charge in [-0.2, -0.15) is 0 Å². The number of hydrogen-bond acceptors (Lipinski definition) is 4. The van der Waals surface area contributed by atoms with Gasteiger partial charge in [0.1, 0.15) is 6.04 Å². The van der Waals surface area contributed by atoms with Gasteiger partial charge >= 0.3 is 5.97 Å². The van der Waals surface area contributed by atoms with E-state index in [4.69, 9.17) is 9.47 Å². The van der Waals surface area contributed by atoms with Gasteiger partial charge in [-0.3, -0.25) is 9.69 Å². The van der Waals surface area contributed by atoms with Gasteiger partial charge in [-0.1, -0.05) is 31.2 Å². The highest BCUT2D eigenvalue weighted by atomic mass is 16.5. The van der Waals surface area contributed by atoms with Crippen molar-refractivity contribution in [2.75, 3.05) is 40.5 Å². The van der Waals surface area contributed by atoms with E-state index in [-0.39, 0.29) is 0 Å². The van der Waals surface area contributed by atoms with E-state index in [1.807, 2.05) is 29.2 Å². The number of rotatable bonds is 10. The SMILES string of the molecule is CCc1ccc(C(C(=O)O)N(CCOC)CCOC)cc1. The van der Waals surface area contributed by atoms with Crippen LogP contribution in [-0.2, 0) is 20.7 Å². The van der Waals surface area contributed by atoms with Gasteiger partial charge in [0.15, 0.2) is 0 Å². The highest BCUT2D eigenvalue weighted by molar-refractivity contribution is 5.75. The summed E-state index contributed by atoms with van der Waals surface area (Å²) in [5.74, 6) is -0.855. The quantitative estimate of drug-likeness (QED) is 0.715. The smallest absolute Gasteiger partial charge is 0.325 e. The van der Waals surface area contributed by atoms with E-state index in [9.17, 15) is 9.90 Å². The Morgan fingerprint density at radius 1 is 1.14 bits per heavy atom. The summed E-state index contributed by atoms with van der Waals surface area (Å²) < 4.78 is 10.2. The summed E-state index contributed by atoms with van der Waals surface area (Å²) >= 11 is 0. The van der Waals surface area contributed by atoms with Crippen molar-refractivity contribution in [1.29, 1.82) is 0 Å². The van der Waals surface area contributed by atoms with Gasteiger partial charge in [0.25, 0.3) is 0 Å². The minimum atomic E-state index is -0.855. The largest absolute Gasteiger partial charge is 0.480 e. The standard InChI is InChI=1S/C16H25NO4/c1-4-13-5-7-14(8-6-13)15(16(18)19)17(9-11-20-2)10-12-21-3/h5-8,15H,4,9-12H2,1-3H3,(H,18,19). The minimum Gasteiger partial charge on any atom is -0.480 e. The molecule has 0 saturated heterocycles. The van der Waals surface area contributed by atoms with Crippen LogP contribution in [0.25, 0.3) is 0 Å². The van der Waals surface area contributed by atoms with E-state index in [2.05, 4.69) is 6.92 Å². The summed E-state index contributed by atoms with van der Waals surface area (Å²) in [4.78, 5) is 13.6. The van der Waals surface area contributed by atoms with Gasteiger partial charge in [0, 0.05) is 27.3 Å². The molecular weight excluding hydrogens is 270 g/mol. The van der Waals surface area contributed by atoms with Crippen molar-refractivity contribution in [3.63, 3.8) is 0 Å². The van der Waals surface area contributed by atoms with E-state index >= 15 is 0 Å². The predicted octanol–water partition coefficient (Wildman–Crippen LogP) is 1.97. The molecule has 21 heavy (non-hydrogen) atoms. The molecular formula is C16H25NO4. The summed E-state index contributed by atoms with van der Waals surface area (Å²) in [7, 11) is 3.22. The Labute approximate surface area is 126 Å². The van der Waals surface area contributed by atoms with Crippen molar-refractivity contribution < 1.29 is 19.4 Å². The normalized spacial score (nSPS) is 12.6. The van der Waals surface area contributed by atoms with Crippen LogP contribution >= 0.6 is 0 Å². The molecule has 0 radical (unpaired) electrons. The van der Waals surface area contributed by atoms with Crippen molar-refractivity contribution in [3.05, 3.63) is 35.4 Å². The van der Waals surface area contributed by atoms with Crippen LogP contribution < -0.4 is 0 Å². The molecule has 0 aliphatic rings. The maximum Gasteiger partial charge on any atom is 0.325 e. The molecule has 0 aliphatic carbocycles. The third-order valence-electron chi connectivity index (χ3n) is 3.47. The predicted molar refractivity (Wildman–Crippen MR) is 81.5 cm³/mol. The molecule has 0 saturated carbocycles.